The number of carbonyl (C=O) groups is 1. The molecule has 0 amide bonds. The standard InChI is InChI=1S/C18H17FO3/c1-3-22-17-7-5-4-6-13(17)8-10-16(20)14-9-11-18(21-2)15(19)12-14/h4-12H,3H2,1-2H3. The van der Waals surface area contributed by atoms with Crippen LogP contribution in [0.4, 0.5) is 4.39 Å². The Hall–Kier alpha value is -2.62. The van der Waals surface area contributed by atoms with Crippen molar-refractivity contribution in [2.24, 2.45) is 0 Å². The molecule has 0 aromatic heterocycles. The summed E-state index contributed by atoms with van der Waals surface area (Å²) < 4.78 is 23.9. The number of methoxy groups -OCH3 is 1. The van der Waals surface area contributed by atoms with E-state index in [0.29, 0.717) is 12.4 Å². The van der Waals surface area contributed by atoms with Crippen LogP contribution in [0, 0.1) is 5.82 Å². The van der Waals surface area contributed by atoms with Crippen LogP contribution in [0.2, 0.25) is 0 Å². The molecule has 0 atom stereocenters. The number of hydrogen-bond acceptors (Lipinski definition) is 3. The Balaban J connectivity index is 2.20. The summed E-state index contributed by atoms with van der Waals surface area (Å²) in [4.78, 5) is 12.1. The summed E-state index contributed by atoms with van der Waals surface area (Å²) >= 11 is 0. The summed E-state index contributed by atoms with van der Waals surface area (Å²) in [5.74, 6) is -0.0264. The summed E-state index contributed by atoms with van der Waals surface area (Å²) in [5, 5.41) is 0. The number of para-hydroxylation sites is 1. The van der Waals surface area contributed by atoms with Gasteiger partial charge in [0.2, 0.25) is 0 Å². The van der Waals surface area contributed by atoms with Crippen LogP contribution < -0.4 is 9.47 Å². The first-order valence-corrected chi connectivity index (χ1v) is 6.93. The van der Waals surface area contributed by atoms with Crippen molar-refractivity contribution in [1.82, 2.24) is 0 Å². The first-order chi connectivity index (χ1) is 10.7. The summed E-state index contributed by atoms with van der Waals surface area (Å²) in [7, 11) is 1.38. The lowest BCUT2D eigenvalue weighted by Gasteiger charge is -2.06. The highest BCUT2D eigenvalue weighted by atomic mass is 19.1. The minimum atomic E-state index is -0.559. The topological polar surface area (TPSA) is 35.5 Å². The zero-order valence-corrected chi connectivity index (χ0v) is 12.5. The highest BCUT2D eigenvalue weighted by Gasteiger charge is 2.08. The molecule has 0 unspecified atom stereocenters. The number of rotatable bonds is 6. The molecule has 2 aromatic carbocycles. The molecule has 0 aliphatic rings. The number of benzene rings is 2. The lowest BCUT2D eigenvalue weighted by molar-refractivity contribution is 0.104. The number of ketones is 1. The van der Waals surface area contributed by atoms with Gasteiger partial charge in [0.1, 0.15) is 5.75 Å². The van der Waals surface area contributed by atoms with Crippen molar-refractivity contribution in [3.8, 4) is 11.5 Å². The van der Waals surface area contributed by atoms with Gasteiger partial charge in [-0.25, -0.2) is 4.39 Å². The lowest BCUT2D eigenvalue weighted by atomic mass is 10.1. The zero-order chi connectivity index (χ0) is 15.9. The van der Waals surface area contributed by atoms with E-state index in [1.165, 1.54) is 31.4 Å². The van der Waals surface area contributed by atoms with Crippen LogP contribution in [-0.2, 0) is 0 Å². The third kappa shape index (κ3) is 3.73. The van der Waals surface area contributed by atoms with Gasteiger partial charge in [0, 0.05) is 11.1 Å². The number of ether oxygens (including phenoxy) is 2. The Bertz CT molecular complexity index is 692. The predicted molar refractivity (Wildman–Crippen MR) is 83.9 cm³/mol. The van der Waals surface area contributed by atoms with E-state index < -0.39 is 5.82 Å². The van der Waals surface area contributed by atoms with Gasteiger partial charge in [0.15, 0.2) is 17.3 Å². The average molecular weight is 300 g/mol. The molecule has 0 N–H and O–H groups in total. The molecule has 114 valence electrons. The van der Waals surface area contributed by atoms with E-state index in [-0.39, 0.29) is 17.1 Å². The molecule has 3 nitrogen and oxygen atoms in total. The van der Waals surface area contributed by atoms with Crippen molar-refractivity contribution >= 4 is 11.9 Å². The molecule has 0 saturated carbocycles. The predicted octanol–water partition coefficient (Wildman–Crippen LogP) is 4.13. The summed E-state index contributed by atoms with van der Waals surface area (Å²) in [6, 6.07) is 11.5. The van der Waals surface area contributed by atoms with Crippen LogP contribution in [0.15, 0.2) is 48.5 Å². The molecule has 0 fully saturated rings. The van der Waals surface area contributed by atoms with Crippen LogP contribution in [0.5, 0.6) is 11.5 Å². The molecular weight excluding hydrogens is 283 g/mol. The van der Waals surface area contributed by atoms with E-state index in [1.54, 1.807) is 6.08 Å². The van der Waals surface area contributed by atoms with Crippen LogP contribution in [0.3, 0.4) is 0 Å². The molecule has 0 heterocycles. The van der Waals surface area contributed by atoms with E-state index in [1.807, 2.05) is 31.2 Å². The van der Waals surface area contributed by atoms with Gasteiger partial charge in [-0.3, -0.25) is 4.79 Å². The molecule has 0 saturated heterocycles. The second kappa shape index (κ2) is 7.41. The maximum Gasteiger partial charge on any atom is 0.185 e. The Labute approximate surface area is 129 Å². The van der Waals surface area contributed by atoms with Crippen molar-refractivity contribution in [3.63, 3.8) is 0 Å². The van der Waals surface area contributed by atoms with Gasteiger partial charge >= 0.3 is 0 Å². The van der Waals surface area contributed by atoms with E-state index in [4.69, 9.17) is 9.47 Å². The molecule has 0 radical (unpaired) electrons. The molecule has 4 heteroatoms. The van der Waals surface area contributed by atoms with Crippen LogP contribution in [-0.4, -0.2) is 19.5 Å². The van der Waals surface area contributed by atoms with E-state index in [2.05, 4.69) is 0 Å². The van der Waals surface area contributed by atoms with Crippen molar-refractivity contribution < 1.29 is 18.7 Å². The fraction of sp³-hybridized carbons (Fsp3) is 0.167. The minimum absolute atomic E-state index is 0.113. The summed E-state index contributed by atoms with van der Waals surface area (Å²) in [6.07, 6.45) is 3.06. The first-order valence-electron chi connectivity index (χ1n) is 6.93. The normalized spacial score (nSPS) is 10.7. The maximum atomic E-state index is 13.6. The fourth-order valence-electron chi connectivity index (χ4n) is 1.99. The summed E-state index contributed by atoms with van der Waals surface area (Å²) in [5.41, 5.74) is 1.06. The van der Waals surface area contributed by atoms with Gasteiger partial charge < -0.3 is 9.47 Å². The summed E-state index contributed by atoms with van der Waals surface area (Å²) in [6.45, 7) is 2.44. The number of hydrogen-bond donors (Lipinski definition) is 0. The lowest BCUT2D eigenvalue weighted by Crippen LogP contribution is -1.97. The molecule has 0 bridgehead atoms. The Kier molecular flexibility index (Phi) is 5.31. The second-order valence-corrected chi connectivity index (χ2v) is 4.52. The monoisotopic (exact) mass is 300 g/mol. The Morgan fingerprint density at radius 3 is 2.64 bits per heavy atom. The molecule has 0 aliphatic carbocycles. The molecule has 2 aromatic rings. The van der Waals surface area contributed by atoms with Crippen molar-refractivity contribution in [1.29, 1.82) is 0 Å². The number of allylic oxidation sites excluding steroid dienone is 1. The molecule has 22 heavy (non-hydrogen) atoms. The SMILES string of the molecule is CCOc1ccccc1C=CC(=O)c1ccc(OC)c(F)c1. The van der Waals surface area contributed by atoms with Gasteiger partial charge in [-0.05, 0) is 43.3 Å². The van der Waals surface area contributed by atoms with Gasteiger partial charge in [0.05, 0.1) is 13.7 Å². The number of halogens is 1. The van der Waals surface area contributed by atoms with Crippen molar-refractivity contribution in [2.75, 3.05) is 13.7 Å². The van der Waals surface area contributed by atoms with E-state index >= 15 is 0 Å². The number of carbonyl (C=O) groups excluding carboxylic acids is 1. The third-order valence-corrected chi connectivity index (χ3v) is 3.07. The third-order valence-electron chi connectivity index (χ3n) is 3.07. The van der Waals surface area contributed by atoms with Crippen LogP contribution >= 0.6 is 0 Å². The van der Waals surface area contributed by atoms with Gasteiger partial charge in [-0.2, -0.15) is 0 Å². The van der Waals surface area contributed by atoms with Gasteiger partial charge in [-0.1, -0.05) is 18.2 Å². The first kappa shape index (κ1) is 15.8. The molecule has 0 aliphatic heterocycles. The van der Waals surface area contributed by atoms with Gasteiger partial charge in [-0.15, -0.1) is 0 Å². The highest BCUT2D eigenvalue weighted by Crippen LogP contribution is 2.21. The average Bonchev–Trinajstić information content (AvgIpc) is 2.54. The fourth-order valence-corrected chi connectivity index (χ4v) is 1.99. The Morgan fingerprint density at radius 1 is 1.18 bits per heavy atom. The molecule has 0 spiro atoms. The molecular formula is C18H17FO3. The van der Waals surface area contributed by atoms with Gasteiger partial charge in [0.25, 0.3) is 0 Å². The quantitative estimate of drug-likeness (QED) is 0.594. The second-order valence-electron chi connectivity index (χ2n) is 4.52. The molecule has 2 rings (SSSR count). The largest absolute Gasteiger partial charge is 0.494 e. The van der Waals surface area contributed by atoms with Crippen molar-refractivity contribution in [3.05, 3.63) is 65.5 Å². The maximum absolute atomic E-state index is 13.6. The zero-order valence-electron chi connectivity index (χ0n) is 12.5. The van der Waals surface area contributed by atoms with Crippen LogP contribution in [0.1, 0.15) is 22.8 Å². The highest BCUT2D eigenvalue weighted by molar-refractivity contribution is 6.07. The van der Waals surface area contributed by atoms with E-state index in [0.717, 1.165) is 5.56 Å². The Morgan fingerprint density at radius 2 is 1.95 bits per heavy atom. The van der Waals surface area contributed by atoms with Crippen LogP contribution in [0.25, 0.3) is 6.08 Å². The minimum Gasteiger partial charge on any atom is -0.494 e. The van der Waals surface area contributed by atoms with E-state index in [9.17, 15) is 9.18 Å². The smallest absolute Gasteiger partial charge is 0.185 e. The van der Waals surface area contributed by atoms with Crippen molar-refractivity contribution in [2.45, 2.75) is 6.92 Å².